The Kier molecular flexibility index (Phi) is 3.56. The Balaban J connectivity index is 1.28. The fraction of sp³-hybridized carbons (Fsp3) is 1.00. The van der Waals surface area contributed by atoms with Gasteiger partial charge in [0.25, 0.3) is 0 Å². The largest absolute Gasteiger partial charge is 0.348 e. The van der Waals surface area contributed by atoms with Gasteiger partial charge < -0.3 is 14.4 Å². The number of hydrogen-bond donors (Lipinski definition) is 0. The maximum absolute atomic E-state index is 5.84. The molecule has 2 bridgehead atoms. The van der Waals surface area contributed by atoms with E-state index >= 15 is 0 Å². The van der Waals surface area contributed by atoms with E-state index in [0.29, 0.717) is 0 Å². The highest BCUT2D eigenvalue weighted by Crippen LogP contribution is 2.48. The summed E-state index contributed by atoms with van der Waals surface area (Å²) in [6.07, 6.45) is 10.8. The van der Waals surface area contributed by atoms with Crippen molar-refractivity contribution in [3.8, 4) is 0 Å². The zero-order chi connectivity index (χ0) is 13.6. The summed E-state index contributed by atoms with van der Waals surface area (Å²) in [5.74, 6) is 2.94. The van der Waals surface area contributed by atoms with Crippen molar-refractivity contribution in [2.45, 2.75) is 63.2 Å². The second kappa shape index (κ2) is 5.26. The van der Waals surface area contributed by atoms with Gasteiger partial charge in [-0.05, 0) is 56.9 Å². The molecular formula is C17H29NO2. The van der Waals surface area contributed by atoms with Crippen molar-refractivity contribution in [3.05, 3.63) is 0 Å². The standard InChI is InChI=1S/C17H29NO2/c1-18(12-15-11-13-2-3-14(15)10-13)16-4-6-17(7-5-16)19-8-9-20-17/h13-16H,2-12H2,1H3. The van der Waals surface area contributed by atoms with E-state index in [1.807, 2.05) is 0 Å². The summed E-state index contributed by atoms with van der Waals surface area (Å²) in [5, 5.41) is 0. The molecule has 1 heterocycles. The molecule has 0 aromatic carbocycles. The Bertz CT molecular complexity index is 343. The first kappa shape index (κ1) is 13.5. The Hall–Kier alpha value is -0.120. The van der Waals surface area contributed by atoms with Crippen LogP contribution in [0.15, 0.2) is 0 Å². The maximum atomic E-state index is 5.84. The van der Waals surface area contributed by atoms with E-state index in [2.05, 4.69) is 11.9 Å². The predicted molar refractivity (Wildman–Crippen MR) is 78.5 cm³/mol. The molecule has 0 amide bonds. The molecule has 4 rings (SSSR count). The number of nitrogens with zero attached hydrogens (tertiary/aromatic N) is 1. The van der Waals surface area contributed by atoms with Crippen LogP contribution in [0.1, 0.15) is 51.4 Å². The van der Waals surface area contributed by atoms with Crippen LogP contribution in [0.2, 0.25) is 0 Å². The molecular weight excluding hydrogens is 250 g/mol. The summed E-state index contributed by atoms with van der Waals surface area (Å²) in [7, 11) is 2.35. The van der Waals surface area contributed by atoms with Crippen molar-refractivity contribution in [1.29, 1.82) is 0 Å². The highest BCUT2D eigenvalue weighted by molar-refractivity contribution is 4.93. The molecule has 3 saturated carbocycles. The van der Waals surface area contributed by atoms with E-state index in [1.165, 1.54) is 45.1 Å². The van der Waals surface area contributed by atoms with Crippen LogP contribution in [0.5, 0.6) is 0 Å². The Morgan fingerprint density at radius 1 is 1.00 bits per heavy atom. The third-order valence-electron chi connectivity index (χ3n) is 6.56. The second-order valence-corrected chi connectivity index (χ2v) is 7.71. The summed E-state index contributed by atoms with van der Waals surface area (Å²) in [5.41, 5.74) is 0. The monoisotopic (exact) mass is 279 g/mol. The highest BCUT2D eigenvalue weighted by Gasteiger charge is 2.43. The van der Waals surface area contributed by atoms with Gasteiger partial charge in [-0.15, -0.1) is 0 Å². The summed E-state index contributed by atoms with van der Waals surface area (Å²) >= 11 is 0. The lowest BCUT2D eigenvalue weighted by Gasteiger charge is -2.40. The van der Waals surface area contributed by atoms with Gasteiger partial charge in [0.2, 0.25) is 0 Å². The van der Waals surface area contributed by atoms with Crippen LogP contribution in [0.25, 0.3) is 0 Å². The van der Waals surface area contributed by atoms with Crippen LogP contribution in [0.3, 0.4) is 0 Å². The first-order valence-corrected chi connectivity index (χ1v) is 8.72. The molecule has 4 aliphatic rings. The van der Waals surface area contributed by atoms with Gasteiger partial charge in [0.1, 0.15) is 0 Å². The van der Waals surface area contributed by atoms with Gasteiger partial charge in [0, 0.05) is 25.4 Å². The van der Waals surface area contributed by atoms with Crippen molar-refractivity contribution in [2.24, 2.45) is 17.8 Å². The van der Waals surface area contributed by atoms with Crippen LogP contribution in [0.4, 0.5) is 0 Å². The number of rotatable bonds is 3. The molecule has 3 unspecified atom stereocenters. The SMILES string of the molecule is CN(CC1CC2CCC1C2)C1CCC2(CC1)OCCO2. The molecule has 0 aromatic rings. The van der Waals surface area contributed by atoms with E-state index < -0.39 is 0 Å². The topological polar surface area (TPSA) is 21.7 Å². The van der Waals surface area contributed by atoms with Gasteiger partial charge in [-0.25, -0.2) is 0 Å². The fourth-order valence-corrected chi connectivity index (χ4v) is 5.39. The van der Waals surface area contributed by atoms with Gasteiger partial charge >= 0.3 is 0 Å². The fourth-order valence-electron chi connectivity index (χ4n) is 5.39. The summed E-state index contributed by atoms with van der Waals surface area (Å²) in [6.45, 7) is 2.93. The number of hydrogen-bond acceptors (Lipinski definition) is 3. The minimum atomic E-state index is -0.191. The molecule has 0 N–H and O–H groups in total. The predicted octanol–water partition coefficient (Wildman–Crippen LogP) is 3.04. The van der Waals surface area contributed by atoms with Crippen molar-refractivity contribution in [3.63, 3.8) is 0 Å². The van der Waals surface area contributed by atoms with Crippen molar-refractivity contribution < 1.29 is 9.47 Å². The molecule has 3 atom stereocenters. The lowest BCUT2D eigenvalue weighted by molar-refractivity contribution is -0.183. The second-order valence-electron chi connectivity index (χ2n) is 7.71. The lowest BCUT2D eigenvalue weighted by Crippen LogP contribution is -2.44. The molecule has 1 spiro atoms. The smallest absolute Gasteiger partial charge is 0.168 e. The van der Waals surface area contributed by atoms with Crippen LogP contribution >= 0.6 is 0 Å². The first-order chi connectivity index (χ1) is 9.74. The third kappa shape index (κ3) is 2.42. The molecule has 20 heavy (non-hydrogen) atoms. The molecule has 4 fully saturated rings. The molecule has 1 aliphatic heterocycles. The summed E-state index contributed by atoms with van der Waals surface area (Å²) in [6, 6.07) is 0.757. The normalized spacial score (nSPS) is 40.2. The Morgan fingerprint density at radius 2 is 1.75 bits per heavy atom. The molecule has 0 aromatic heterocycles. The quantitative estimate of drug-likeness (QED) is 0.792. The molecule has 3 aliphatic carbocycles. The molecule has 114 valence electrons. The minimum absolute atomic E-state index is 0.191. The van der Waals surface area contributed by atoms with E-state index in [9.17, 15) is 0 Å². The average Bonchev–Trinajstić information content (AvgIpc) is 3.17. The zero-order valence-corrected chi connectivity index (χ0v) is 12.9. The van der Waals surface area contributed by atoms with E-state index in [4.69, 9.17) is 9.47 Å². The summed E-state index contributed by atoms with van der Waals surface area (Å²) in [4.78, 5) is 2.66. The van der Waals surface area contributed by atoms with Crippen LogP contribution in [-0.4, -0.2) is 43.5 Å². The lowest BCUT2D eigenvalue weighted by atomic mass is 9.86. The van der Waals surface area contributed by atoms with E-state index in [1.54, 1.807) is 0 Å². The van der Waals surface area contributed by atoms with Crippen molar-refractivity contribution in [2.75, 3.05) is 26.8 Å². The Morgan fingerprint density at radius 3 is 2.35 bits per heavy atom. The van der Waals surface area contributed by atoms with E-state index in [-0.39, 0.29) is 5.79 Å². The summed E-state index contributed by atoms with van der Waals surface area (Å²) < 4.78 is 11.7. The van der Waals surface area contributed by atoms with Crippen molar-refractivity contribution >= 4 is 0 Å². The van der Waals surface area contributed by atoms with Gasteiger partial charge in [-0.1, -0.05) is 6.42 Å². The van der Waals surface area contributed by atoms with Gasteiger partial charge in [-0.3, -0.25) is 0 Å². The molecule has 3 heteroatoms. The Labute approximate surface area is 123 Å². The van der Waals surface area contributed by atoms with Crippen molar-refractivity contribution in [1.82, 2.24) is 4.90 Å². The van der Waals surface area contributed by atoms with Gasteiger partial charge in [-0.2, -0.15) is 0 Å². The average molecular weight is 279 g/mol. The minimum Gasteiger partial charge on any atom is -0.348 e. The van der Waals surface area contributed by atoms with E-state index in [0.717, 1.165) is 49.9 Å². The molecule has 1 saturated heterocycles. The highest BCUT2D eigenvalue weighted by atomic mass is 16.7. The number of fused-ring (bicyclic) bond motifs is 2. The maximum Gasteiger partial charge on any atom is 0.168 e. The van der Waals surface area contributed by atoms with Gasteiger partial charge in [0.05, 0.1) is 13.2 Å². The molecule has 0 radical (unpaired) electrons. The molecule has 3 nitrogen and oxygen atoms in total. The van der Waals surface area contributed by atoms with Gasteiger partial charge in [0.15, 0.2) is 5.79 Å². The van der Waals surface area contributed by atoms with Crippen LogP contribution in [0, 0.1) is 17.8 Å². The third-order valence-corrected chi connectivity index (χ3v) is 6.56. The van der Waals surface area contributed by atoms with Crippen LogP contribution < -0.4 is 0 Å². The zero-order valence-electron chi connectivity index (χ0n) is 12.9. The first-order valence-electron chi connectivity index (χ1n) is 8.72. The number of ether oxygens (including phenoxy) is 2. The van der Waals surface area contributed by atoms with Crippen LogP contribution in [-0.2, 0) is 9.47 Å².